The van der Waals surface area contributed by atoms with Gasteiger partial charge in [0.05, 0.1) is 6.26 Å². The monoisotopic (exact) mass is 290 g/mol. The molecule has 0 aromatic carbocycles. The van der Waals surface area contributed by atoms with E-state index in [-0.39, 0.29) is 17.7 Å². The van der Waals surface area contributed by atoms with E-state index in [0.29, 0.717) is 25.3 Å². The van der Waals surface area contributed by atoms with Crippen LogP contribution in [0.4, 0.5) is 0 Å². The molecular weight excluding hydrogens is 276 g/mol. The van der Waals surface area contributed by atoms with Crippen molar-refractivity contribution in [1.82, 2.24) is 20.4 Å². The summed E-state index contributed by atoms with van der Waals surface area (Å²) in [5.74, 6) is -0.234. The smallest absolute Gasteiger partial charge is 0.312 e. The molecule has 1 atom stereocenters. The Hall–Kier alpha value is -2.64. The van der Waals surface area contributed by atoms with E-state index >= 15 is 0 Å². The molecule has 2 amide bonds. The maximum absolute atomic E-state index is 12.4. The third-order valence-electron chi connectivity index (χ3n) is 3.34. The van der Waals surface area contributed by atoms with Crippen LogP contribution in [0.25, 0.3) is 11.7 Å². The normalized spacial score (nSPS) is 17.8. The lowest BCUT2D eigenvalue weighted by molar-refractivity contribution is -0.123. The van der Waals surface area contributed by atoms with Crippen molar-refractivity contribution in [1.29, 1.82) is 0 Å². The summed E-state index contributed by atoms with van der Waals surface area (Å²) in [4.78, 5) is 25.6. The third-order valence-corrected chi connectivity index (χ3v) is 3.34. The van der Waals surface area contributed by atoms with E-state index in [0.717, 1.165) is 0 Å². The van der Waals surface area contributed by atoms with Crippen molar-refractivity contribution in [2.75, 3.05) is 13.1 Å². The summed E-state index contributed by atoms with van der Waals surface area (Å²) < 4.78 is 10.5. The molecule has 1 aliphatic rings. The summed E-state index contributed by atoms with van der Waals surface area (Å²) in [6.07, 6.45) is 2.06. The van der Waals surface area contributed by atoms with Gasteiger partial charge in [0.25, 0.3) is 5.89 Å². The molecule has 3 heterocycles. The number of hydrogen-bond acceptors (Lipinski definition) is 6. The molecule has 0 bridgehead atoms. The molecule has 8 nitrogen and oxygen atoms in total. The summed E-state index contributed by atoms with van der Waals surface area (Å²) in [5.41, 5.74) is 0. The molecule has 1 aliphatic heterocycles. The topological polar surface area (TPSA) is 101 Å². The van der Waals surface area contributed by atoms with Gasteiger partial charge in [0.2, 0.25) is 5.91 Å². The van der Waals surface area contributed by atoms with Crippen LogP contribution in [-0.2, 0) is 4.79 Å². The number of likely N-dealkylation sites (N-methyl/N-ethyl adjacent to an activating group) is 1. The number of rotatable bonds is 4. The number of aromatic nitrogens is 2. The third kappa shape index (κ3) is 2.39. The largest absolute Gasteiger partial charge is 0.459 e. The summed E-state index contributed by atoms with van der Waals surface area (Å²) >= 11 is 0. The molecular formula is C13H14N4O4. The van der Waals surface area contributed by atoms with Gasteiger partial charge in [-0.25, -0.2) is 0 Å². The Labute approximate surface area is 120 Å². The summed E-state index contributed by atoms with van der Waals surface area (Å²) in [5, 5.41) is 10.2. The minimum Gasteiger partial charge on any atom is -0.459 e. The van der Waals surface area contributed by atoms with Crippen LogP contribution < -0.4 is 5.32 Å². The van der Waals surface area contributed by atoms with Crippen LogP contribution in [0.3, 0.4) is 0 Å². The van der Waals surface area contributed by atoms with Crippen LogP contribution in [-0.4, -0.2) is 46.0 Å². The second-order valence-electron chi connectivity index (χ2n) is 4.58. The highest BCUT2D eigenvalue weighted by atomic mass is 16.4. The molecule has 2 aromatic rings. The minimum absolute atomic E-state index is 0.135. The Kier molecular flexibility index (Phi) is 3.43. The van der Waals surface area contributed by atoms with Crippen LogP contribution >= 0.6 is 0 Å². The molecule has 1 unspecified atom stereocenters. The van der Waals surface area contributed by atoms with Gasteiger partial charge in [0.1, 0.15) is 6.04 Å². The number of nitrogens with one attached hydrogen (secondary N) is 1. The molecule has 3 rings (SSSR count). The van der Waals surface area contributed by atoms with Gasteiger partial charge in [-0.1, -0.05) is 0 Å². The molecule has 0 saturated carbocycles. The highest BCUT2D eigenvalue weighted by Crippen LogP contribution is 2.20. The van der Waals surface area contributed by atoms with Crippen LogP contribution in [0, 0.1) is 0 Å². The number of carbonyl (C=O) groups excluding carboxylic acids is 2. The Morgan fingerprint density at radius 1 is 1.52 bits per heavy atom. The zero-order chi connectivity index (χ0) is 14.8. The maximum atomic E-state index is 12.4. The minimum atomic E-state index is -0.485. The van der Waals surface area contributed by atoms with E-state index in [4.69, 9.17) is 8.83 Å². The van der Waals surface area contributed by atoms with Gasteiger partial charge in [-0.3, -0.25) is 9.59 Å². The van der Waals surface area contributed by atoms with Crippen molar-refractivity contribution in [2.45, 2.75) is 19.4 Å². The number of hydrogen-bond donors (Lipinski definition) is 1. The number of nitrogens with zero attached hydrogens (tertiary/aromatic N) is 3. The molecule has 1 fully saturated rings. The number of furan rings is 1. The van der Waals surface area contributed by atoms with E-state index in [1.807, 2.05) is 0 Å². The van der Waals surface area contributed by atoms with Gasteiger partial charge in [-0.15, -0.1) is 10.2 Å². The van der Waals surface area contributed by atoms with Crippen molar-refractivity contribution in [2.24, 2.45) is 0 Å². The Morgan fingerprint density at radius 3 is 3.00 bits per heavy atom. The van der Waals surface area contributed by atoms with E-state index in [9.17, 15) is 9.59 Å². The lowest BCUT2D eigenvalue weighted by Gasteiger charge is -2.23. The predicted octanol–water partition coefficient (Wildman–Crippen LogP) is 0.680. The van der Waals surface area contributed by atoms with Crippen LogP contribution in [0.15, 0.2) is 27.2 Å². The van der Waals surface area contributed by atoms with Crippen molar-refractivity contribution in [3.05, 3.63) is 24.3 Å². The predicted molar refractivity (Wildman–Crippen MR) is 70.1 cm³/mol. The second kappa shape index (κ2) is 5.39. The maximum Gasteiger partial charge on any atom is 0.312 e. The summed E-state index contributed by atoms with van der Waals surface area (Å²) in [7, 11) is 0. The fourth-order valence-electron chi connectivity index (χ4n) is 2.32. The Balaban J connectivity index is 1.82. The van der Waals surface area contributed by atoms with E-state index in [1.54, 1.807) is 19.1 Å². The molecule has 1 saturated heterocycles. The molecule has 21 heavy (non-hydrogen) atoms. The lowest BCUT2D eigenvalue weighted by atomic mass is 10.2. The zero-order valence-corrected chi connectivity index (χ0v) is 11.4. The van der Waals surface area contributed by atoms with Gasteiger partial charge >= 0.3 is 11.8 Å². The number of carbonyl (C=O) groups is 2. The summed E-state index contributed by atoms with van der Waals surface area (Å²) in [6, 6.07) is 2.85. The first-order chi connectivity index (χ1) is 10.2. The summed E-state index contributed by atoms with van der Waals surface area (Å²) in [6.45, 7) is 2.75. The van der Waals surface area contributed by atoms with E-state index in [2.05, 4.69) is 15.5 Å². The lowest BCUT2D eigenvalue weighted by Crippen LogP contribution is -2.44. The molecule has 8 heteroatoms. The highest BCUT2D eigenvalue weighted by molar-refractivity contribution is 5.95. The van der Waals surface area contributed by atoms with Crippen LogP contribution in [0.1, 0.15) is 24.0 Å². The average Bonchev–Trinajstić information content (AvgIpc) is 3.20. The zero-order valence-electron chi connectivity index (χ0n) is 11.4. The first-order valence-electron chi connectivity index (χ1n) is 6.66. The van der Waals surface area contributed by atoms with E-state index in [1.165, 1.54) is 11.2 Å². The van der Waals surface area contributed by atoms with Crippen LogP contribution in [0.2, 0.25) is 0 Å². The highest BCUT2D eigenvalue weighted by Gasteiger charge is 2.35. The van der Waals surface area contributed by atoms with Crippen molar-refractivity contribution in [3.63, 3.8) is 0 Å². The molecule has 0 spiro atoms. The first-order valence-corrected chi connectivity index (χ1v) is 6.66. The molecule has 2 aromatic heterocycles. The SMILES string of the molecule is CCN(C(=O)c1nnc(-c2ccco2)o1)C1CCNC1=O. The quantitative estimate of drug-likeness (QED) is 0.888. The molecule has 1 N–H and O–H groups in total. The second-order valence-corrected chi connectivity index (χ2v) is 4.58. The van der Waals surface area contributed by atoms with Crippen molar-refractivity contribution < 1.29 is 18.4 Å². The van der Waals surface area contributed by atoms with E-state index < -0.39 is 11.9 Å². The molecule has 0 radical (unpaired) electrons. The average molecular weight is 290 g/mol. The van der Waals surface area contributed by atoms with Gasteiger partial charge in [-0.05, 0) is 25.5 Å². The Morgan fingerprint density at radius 2 is 2.38 bits per heavy atom. The molecule has 0 aliphatic carbocycles. The van der Waals surface area contributed by atoms with Gasteiger partial charge in [0.15, 0.2) is 5.76 Å². The molecule has 110 valence electrons. The van der Waals surface area contributed by atoms with Gasteiger partial charge < -0.3 is 19.1 Å². The standard InChI is InChI=1S/C13H14N4O4/c1-2-17(8-5-6-14-10(8)18)13(19)12-16-15-11(21-12)9-4-3-7-20-9/h3-4,7-8H,2,5-6H2,1H3,(H,14,18). The number of amides is 2. The van der Waals surface area contributed by atoms with Crippen LogP contribution in [0.5, 0.6) is 0 Å². The van der Waals surface area contributed by atoms with Gasteiger partial charge in [-0.2, -0.15) is 0 Å². The van der Waals surface area contributed by atoms with Gasteiger partial charge in [0, 0.05) is 13.1 Å². The first kappa shape index (κ1) is 13.3. The Bertz CT molecular complexity index is 649. The fraction of sp³-hybridized carbons (Fsp3) is 0.385. The van der Waals surface area contributed by atoms with Crippen molar-refractivity contribution in [3.8, 4) is 11.7 Å². The fourth-order valence-corrected chi connectivity index (χ4v) is 2.32. The van der Waals surface area contributed by atoms with Crippen molar-refractivity contribution >= 4 is 11.8 Å².